The molecule has 2 atom stereocenters. The van der Waals surface area contributed by atoms with Gasteiger partial charge >= 0.3 is 5.97 Å². The lowest BCUT2D eigenvalue weighted by Crippen LogP contribution is -2.56. The van der Waals surface area contributed by atoms with Gasteiger partial charge in [0, 0.05) is 6.04 Å². The number of esters is 1. The zero-order valence-electron chi connectivity index (χ0n) is 13.8. The molecule has 0 bridgehead atoms. The Balaban J connectivity index is 2.20. The number of carbonyl (C=O) groups excluding carboxylic acids is 1. The third-order valence-corrected chi connectivity index (χ3v) is 4.72. The fraction of sp³-hybridized carbons (Fsp3) is 0.562. The van der Waals surface area contributed by atoms with Crippen LogP contribution in [0.3, 0.4) is 0 Å². The van der Waals surface area contributed by atoms with Crippen molar-refractivity contribution in [2.75, 3.05) is 6.54 Å². The van der Waals surface area contributed by atoms with Gasteiger partial charge in [0.1, 0.15) is 5.60 Å². The Hall–Kier alpha value is -1.44. The average Bonchev–Trinajstić information content (AvgIpc) is 2.34. The summed E-state index contributed by atoms with van der Waals surface area (Å²) in [6, 6.07) is 5.93. The van der Waals surface area contributed by atoms with Crippen LogP contribution in [0.15, 0.2) is 29.2 Å². The van der Waals surface area contributed by atoms with Gasteiger partial charge in [0.2, 0.25) is 0 Å². The summed E-state index contributed by atoms with van der Waals surface area (Å²) in [7, 11) is -4.04. The lowest BCUT2D eigenvalue weighted by molar-refractivity contribution is -0.165. The predicted octanol–water partition coefficient (Wildman–Crippen LogP) is 1.77. The van der Waals surface area contributed by atoms with Crippen LogP contribution in [0.4, 0.5) is 0 Å². The molecule has 1 fully saturated rings. The second kappa shape index (κ2) is 6.59. The van der Waals surface area contributed by atoms with Crippen LogP contribution in [0.5, 0.6) is 0 Å². The van der Waals surface area contributed by atoms with Gasteiger partial charge in [0.05, 0.1) is 4.90 Å². The number of rotatable bonds is 5. The molecule has 0 saturated carbocycles. The van der Waals surface area contributed by atoms with Crippen LogP contribution in [0.25, 0.3) is 0 Å². The van der Waals surface area contributed by atoms with Gasteiger partial charge in [-0.25, -0.2) is 8.98 Å². The number of ether oxygens (including phenoxy) is 1. The van der Waals surface area contributed by atoms with Crippen molar-refractivity contribution >= 4 is 16.1 Å². The second-order valence-electron chi connectivity index (χ2n) is 6.67. The van der Waals surface area contributed by atoms with E-state index in [1.165, 1.54) is 12.1 Å². The highest BCUT2D eigenvalue weighted by Gasteiger charge is 2.40. The first-order valence-corrected chi connectivity index (χ1v) is 8.95. The fourth-order valence-electron chi connectivity index (χ4n) is 2.10. The van der Waals surface area contributed by atoms with Crippen LogP contribution in [-0.4, -0.2) is 38.7 Å². The molecular formula is C16H23NO5S. The average molecular weight is 341 g/mol. The van der Waals surface area contributed by atoms with Crippen LogP contribution in [0.2, 0.25) is 0 Å². The minimum atomic E-state index is -4.04. The van der Waals surface area contributed by atoms with Crippen molar-refractivity contribution < 1.29 is 22.1 Å². The predicted molar refractivity (Wildman–Crippen MR) is 85.5 cm³/mol. The van der Waals surface area contributed by atoms with Gasteiger partial charge in [-0.2, -0.15) is 8.42 Å². The number of benzene rings is 1. The Morgan fingerprint density at radius 3 is 2.26 bits per heavy atom. The van der Waals surface area contributed by atoms with E-state index < -0.39 is 27.8 Å². The maximum atomic E-state index is 12.4. The third kappa shape index (κ3) is 4.76. The van der Waals surface area contributed by atoms with Crippen molar-refractivity contribution in [2.45, 2.75) is 56.8 Å². The lowest BCUT2D eigenvalue weighted by Gasteiger charge is -2.34. The number of aryl methyl sites for hydroxylation is 1. The molecular weight excluding hydrogens is 318 g/mol. The van der Waals surface area contributed by atoms with Gasteiger partial charge in [-0.05, 0) is 52.8 Å². The van der Waals surface area contributed by atoms with Crippen LogP contribution in [0.1, 0.15) is 32.8 Å². The highest BCUT2D eigenvalue weighted by molar-refractivity contribution is 7.86. The number of hydrogen-bond acceptors (Lipinski definition) is 6. The van der Waals surface area contributed by atoms with E-state index in [0.29, 0.717) is 6.42 Å². The first kappa shape index (κ1) is 17.9. The SMILES string of the molecule is Cc1ccc(S(=O)(=O)OC(C(=O)OC(C)(C)C)[C@H]2CCN2)cc1. The molecule has 1 heterocycles. The van der Waals surface area contributed by atoms with E-state index in [1.807, 2.05) is 6.92 Å². The van der Waals surface area contributed by atoms with Crippen molar-refractivity contribution in [3.05, 3.63) is 29.8 Å². The fourth-order valence-corrected chi connectivity index (χ4v) is 3.16. The van der Waals surface area contributed by atoms with E-state index in [4.69, 9.17) is 8.92 Å². The normalized spacial score (nSPS) is 19.7. The third-order valence-electron chi connectivity index (χ3n) is 3.41. The molecule has 2 rings (SSSR count). The molecule has 128 valence electrons. The summed E-state index contributed by atoms with van der Waals surface area (Å²) in [5.74, 6) is -0.676. The molecule has 23 heavy (non-hydrogen) atoms. The highest BCUT2D eigenvalue weighted by Crippen LogP contribution is 2.22. The zero-order chi connectivity index (χ0) is 17.3. The van der Waals surface area contributed by atoms with Crippen LogP contribution < -0.4 is 5.32 Å². The minimum absolute atomic E-state index is 0.0241. The highest BCUT2D eigenvalue weighted by atomic mass is 32.2. The van der Waals surface area contributed by atoms with E-state index in [-0.39, 0.29) is 10.9 Å². The Bertz CT molecular complexity index is 657. The van der Waals surface area contributed by atoms with Crippen LogP contribution >= 0.6 is 0 Å². The van der Waals surface area contributed by atoms with Crippen molar-refractivity contribution in [3.8, 4) is 0 Å². The van der Waals surface area contributed by atoms with E-state index in [9.17, 15) is 13.2 Å². The topological polar surface area (TPSA) is 81.7 Å². The lowest BCUT2D eigenvalue weighted by atomic mass is 10.0. The van der Waals surface area contributed by atoms with Crippen LogP contribution in [-0.2, 0) is 23.8 Å². The summed E-state index contributed by atoms with van der Waals surface area (Å²) < 4.78 is 35.3. The Kier molecular flexibility index (Phi) is 5.13. The smallest absolute Gasteiger partial charge is 0.338 e. The van der Waals surface area contributed by atoms with Crippen molar-refractivity contribution in [1.29, 1.82) is 0 Å². The Morgan fingerprint density at radius 1 is 1.26 bits per heavy atom. The van der Waals surface area contributed by atoms with Gasteiger partial charge in [-0.1, -0.05) is 17.7 Å². The molecule has 0 aliphatic carbocycles. The molecule has 1 saturated heterocycles. The minimum Gasteiger partial charge on any atom is -0.458 e. The molecule has 1 unspecified atom stereocenters. The first-order valence-electron chi connectivity index (χ1n) is 7.55. The molecule has 1 aromatic rings. The Morgan fingerprint density at radius 2 is 1.83 bits per heavy atom. The van der Waals surface area contributed by atoms with E-state index in [0.717, 1.165) is 12.1 Å². The van der Waals surface area contributed by atoms with Crippen LogP contribution in [0, 0.1) is 6.92 Å². The number of carbonyl (C=O) groups is 1. The molecule has 1 N–H and O–H groups in total. The summed E-state index contributed by atoms with van der Waals surface area (Å²) >= 11 is 0. The van der Waals surface area contributed by atoms with Gasteiger partial charge in [-0.15, -0.1) is 0 Å². The van der Waals surface area contributed by atoms with Gasteiger partial charge in [0.15, 0.2) is 6.10 Å². The molecule has 7 heteroatoms. The standard InChI is InChI=1S/C16H23NO5S/c1-11-5-7-12(8-6-11)23(19,20)22-14(13-9-10-17-13)15(18)21-16(2,3)4/h5-8,13-14,17H,9-10H2,1-4H3/t13-,14?/m1/s1. The van der Waals surface area contributed by atoms with E-state index >= 15 is 0 Å². The van der Waals surface area contributed by atoms with Crippen molar-refractivity contribution in [2.24, 2.45) is 0 Å². The van der Waals surface area contributed by atoms with Gasteiger partial charge < -0.3 is 10.1 Å². The molecule has 1 aromatic carbocycles. The molecule has 1 aliphatic rings. The number of hydrogen-bond donors (Lipinski definition) is 1. The Labute approximate surface area is 137 Å². The quantitative estimate of drug-likeness (QED) is 0.649. The molecule has 0 spiro atoms. The van der Waals surface area contributed by atoms with Gasteiger partial charge in [-0.3, -0.25) is 0 Å². The first-order chi connectivity index (χ1) is 10.6. The van der Waals surface area contributed by atoms with Crippen molar-refractivity contribution in [1.82, 2.24) is 5.32 Å². The summed E-state index contributed by atoms with van der Waals surface area (Å²) in [4.78, 5) is 12.3. The van der Waals surface area contributed by atoms with Gasteiger partial charge in [0.25, 0.3) is 10.1 Å². The second-order valence-corrected chi connectivity index (χ2v) is 8.24. The van der Waals surface area contributed by atoms with E-state index in [2.05, 4.69) is 5.32 Å². The molecule has 0 amide bonds. The van der Waals surface area contributed by atoms with Crippen molar-refractivity contribution in [3.63, 3.8) is 0 Å². The number of nitrogens with one attached hydrogen (secondary N) is 1. The summed E-state index contributed by atoms with van der Waals surface area (Å²) in [5.41, 5.74) is 0.226. The van der Waals surface area contributed by atoms with E-state index in [1.54, 1.807) is 32.9 Å². The monoisotopic (exact) mass is 341 g/mol. The summed E-state index contributed by atoms with van der Waals surface area (Å²) in [6.45, 7) is 7.76. The summed E-state index contributed by atoms with van der Waals surface area (Å²) in [6.07, 6.45) is -0.526. The summed E-state index contributed by atoms with van der Waals surface area (Å²) in [5, 5.41) is 3.01. The molecule has 6 nitrogen and oxygen atoms in total. The zero-order valence-corrected chi connectivity index (χ0v) is 14.6. The largest absolute Gasteiger partial charge is 0.458 e. The maximum absolute atomic E-state index is 12.4. The molecule has 0 radical (unpaired) electrons. The maximum Gasteiger partial charge on any atom is 0.338 e. The molecule has 0 aromatic heterocycles. The molecule has 1 aliphatic heterocycles.